The van der Waals surface area contributed by atoms with E-state index in [9.17, 15) is 20.1 Å². The van der Waals surface area contributed by atoms with Crippen molar-refractivity contribution < 1.29 is 28.2 Å². The zero-order chi connectivity index (χ0) is 35.0. The van der Waals surface area contributed by atoms with Crippen LogP contribution in [0.5, 0.6) is 5.75 Å². The van der Waals surface area contributed by atoms with Crippen LogP contribution in [0.2, 0.25) is 5.02 Å². The number of nitrogens with zero attached hydrogens (tertiary/aromatic N) is 4. The Morgan fingerprint density at radius 2 is 1.56 bits per heavy atom. The van der Waals surface area contributed by atoms with E-state index in [1.807, 2.05) is 0 Å². The molecule has 0 saturated heterocycles. The summed E-state index contributed by atoms with van der Waals surface area (Å²) in [6.07, 6.45) is -0.962. The largest absolute Gasteiger partial charge is 0.490 e. The number of halogens is 1. The number of nitrogens with two attached hydrogens (primary N) is 3. The van der Waals surface area contributed by atoms with Gasteiger partial charge in [-0.1, -0.05) is 35.5 Å². The Hall–Kier alpha value is -5.12. The van der Waals surface area contributed by atoms with Crippen molar-refractivity contribution in [2.75, 3.05) is 18.9 Å². The number of hydrogen-bond acceptors (Lipinski definition) is 14. The van der Waals surface area contributed by atoms with Crippen molar-refractivity contribution in [3.63, 3.8) is 0 Å². The molecule has 0 saturated carbocycles. The molecule has 0 radical (unpaired) electrons. The molecule has 0 spiro atoms. The summed E-state index contributed by atoms with van der Waals surface area (Å²) in [5, 5.41) is 21.1. The molecule has 248 valence electrons. The first kappa shape index (κ1) is 35.7. The Morgan fingerprint density at radius 3 is 2.17 bits per heavy atom. The molecule has 2 aromatic heterocycles. The third kappa shape index (κ3) is 8.82. The first-order valence-electron chi connectivity index (χ1n) is 14.5. The van der Waals surface area contributed by atoms with Crippen LogP contribution in [0.25, 0.3) is 22.6 Å². The van der Waals surface area contributed by atoms with Gasteiger partial charge in [0.25, 0.3) is 0 Å². The highest BCUT2D eigenvalue weighted by Gasteiger charge is 2.23. The fraction of sp³-hybridized carbons (Fsp3) is 0.273. The molecule has 13 nitrogen and oxygen atoms in total. The molecule has 0 fully saturated rings. The highest BCUT2D eigenvalue weighted by atomic mass is 35.5. The van der Waals surface area contributed by atoms with Crippen LogP contribution in [-0.2, 0) is 24.8 Å². The van der Waals surface area contributed by atoms with Gasteiger partial charge in [0.1, 0.15) is 65.4 Å². The van der Waals surface area contributed by atoms with Crippen molar-refractivity contribution in [3.8, 4) is 40.5 Å². The van der Waals surface area contributed by atoms with Gasteiger partial charge in [-0.2, -0.15) is 10.5 Å². The van der Waals surface area contributed by atoms with Crippen LogP contribution in [0.15, 0.2) is 58.0 Å². The predicted molar refractivity (Wildman–Crippen MR) is 178 cm³/mol. The van der Waals surface area contributed by atoms with Crippen LogP contribution < -0.4 is 21.9 Å². The molecule has 3 unspecified atom stereocenters. The maximum Gasteiger partial charge on any atom is 0.323 e. The number of thioether (sulfide) groups is 1. The van der Waals surface area contributed by atoms with Crippen molar-refractivity contribution >= 4 is 41.1 Å². The topological polar surface area (TPSA) is 226 Å². The first-order valence-corrected chi connectivity index (χ1v) is 15.9. The Balaban J connectivity index is 1.54. The van der Waals surface area contributed by atoms with Gasteiger partial charge in [-0.05, 0) is 62.7 Å². The minimum Gasteiger partial charge on any atom is -0.490 e. The van der Waals surface area contributed by atoms with Crippen molar-refractivity contribution in [1.29, 1.82) is 10.5 Å². The van der Waals surface area contributed by atoms with Crippen molar-refractivity contribution in [3.05, 3.63) is 76.1 Å². The molecule has 0 aliphatic heterocycles. The number of rotatable bonds is 13. The summed E-state index contributed by atoms with van der Waals surface area (Å²) in [4.78, 5) is 32.9. The lowest BCUT2D eigenvalue weighted by atomic mass is 9.97. The predicted octanol–water partition coefficient (Wildman–Crippen LogP) is 4.51. The number of nitriles is 2. The van der Waals surface area contributed by atoms with Crippen LogP contribution in [0, 0.1) is 29.6 Å². The standard InChI is InChI=1S/C33H32ClN7O6S/c1-17(37)32(42)45-15-24(47-33(43)18(2)38)14-44-23-10-6-20(7-11-23)28-25(12-35)29(39)41-31(26(28)13-36)48-16-27-19(3)46-30(40-27)21-4-8-22(34)9-5-21/h4-11,17-18,24H,14-16,37-38H2,1-3H3,(H2,39,41). The van der Waals surface area contributed by atoms with E-state index in [-0.39, 0.29) is 30.2 Å². The summed E-state index contributed by atoms with van der Waals surface area (Å²) in [6.45, 7) is 4.26. The van der Waals surface area contributed by atoms with Gasteiger partial charge in [0.2, 0.25) is 5.89 Å². The summed E-state index contributed by atoms with van der Waals surface area (Å²) in [5.74, 6) is 0.310. The molecular weight excluding hydrogens is 658 g/mol. The first-order chi connectivity index (χ1) is 22.9. The van der Waals surface area contributed by atoms with E-state index in [0.29, 0.717) is 50.0 Å². The molecule has 0 bridgehead atoms. The molecular formula is C33H32ClN7O6S. The quantitative estimate of drug-likeness (QED) is 0.130. The second-order valence-electron chi connectivity index (χ2n) is 10.6. The molecule has 2 aromatic carbocycles. The van der Waals surface area contributed by atoms with Gasteiger partial charge in [-0.15, -0.1) is 0 Å². The Bertz CT molecular complexity index is 1870. The Labute approximate surface area is 285 Å². The maximum absolute atomic E-state index is 12.1. The molecule has 4 rings (SSSR count). The second-order valence-corrected chi connectivity index (χ2v) is 12.0. The average Bonchev–Trinajstić information content (AvgIpc) is 3.44. The van der Waals surface area contributed by atoms with E-state index >= 15 is 0 Å². The van der Waals surface area contributed by atoms with E-state index in [1.54, 1.807) is 55.5 Å². The summed E-state index contributed by atoms with van der Waals surface area (Å²) in [6, 6.07) is 16.1. The minimum absolute atomic E-state index is 0.0341. The third-order valence-corrected chi connectivity index (χ3v) is 8.00. The summed E-state index contributed by atoms with van der Waals surface area (Å²) in [7, 11) is 0. The van der Waals surface area contributed by atoms with Crippen LogP contribution in [0.4, 0.5) is 5.82 Å². The van der Waals surface area contributed by atoms with Crippen molar-refractivity contribution in [2.45, 2.75) is 49.7 Å². The van der Waals surface area contributed by atoms with E-state index < -0.39 is 30.1 Å². The number of nitrogen functional groups attached to an aromatic ring is 1. The third-order valence-electron chi connectivity index (χ3n) is 6.76. The van der Waals surface area contributed by atoms with Crippen LogP contribution >= 0.6 is 23.4 Å². The van der Waals surface area contributed by atoms with Gasteiger partial charge in [0.15, 0.2) is 6.10 Å². The summed E-state index contributed by atoms with van der Waals surface area (Å²) in [5.41, 5.74) is 19.8. The highest BCUT2D eigenvalue weighted by molar-refractivity contribution is 7.98. The van der Waals surface area contributed by atoms with E-state index in [0.717, 1.165) is 5.56 Å². The number of aromatic nitrogens is 2. The smallest absolute Gasteiger partial charge is 0.323 e. The Kier molecular flexibility index (Phi) is 12.0. The number of ether oxygens (including phenoxy) is 3. The van der Waals surface area contributed by atoms with Crippen LogP contribution in [-0.4, -0.2) is 53.3 Å². The number of pyridine rings is 1. The van der Waals surface area contributed by atoms with Gasteiger partial charge < -0.3 is 35.8 Å². The molecule has 6 N–H and O–H groups in total. The van der Waals surface area contributed by atoms with E-state index in [2.05, 4.69) is 22.1 Å². The van der Waals surface area contributed by atoms with Gasteiger partial charge in [-0.3, -0.25) is 9.59 Å². The minimum atomic E-state index is -0.962. The molecule has 48 heavy (non-hydrogen) atoms. The zero-order valence-corrected chi connectivity index (χ0v) is 27.8. The van der Waals surface area contributed by atoms with Crippen LogP contribution in [0.1, 0.15) is 36.4 Å². The molecule has 15 heteroatoms. The molecule has 0 amide bonds. The lowest BCUT2D eigenvalue weighted by Crippen LogP contribution is -2.38. The molecule has 0 aliphatic carbocycles. The highest BCUT2D eigenvalue weighted by Crippen LogP contribution is 2.37. The van der Waals surface area contributed by atoms with Crippen molar-refractivity contribution in [2.24, 2.45) is 11.5 Å². The van der Waals surface area contributed by atoms with Gasteiger partial charge in [-0.25, -0.2) is 9.97 Å². The normalized spacial score (nSPS) is 12.7. The van der Waals surface area contributed by atoms with E-state index in [1.165, 1.54) is 25.6 Å². The lowest BCUT2D eigenvalue weighted by molar-refractivity contribution is -0.162. The fourth-order valence-corrected chi connectivity index (χ4v) is 5.33. The number of anilines is 1. The number of carbonyl (C=O) groups excluding carboxylic acids is 2. The average molecular weight is 690 g/mol. The number of hydrogen-bond donors (Lipinski definition) is 3. The SMILES string of the molecule is Cc1oc(-c2ccc(Cl)cc2)nc1CSc1nc(N)c(C#N)c(-c2ccc(OCC(COC(=O)C(C)N)OC(=O)C(C)N)cc2)c1C#N. The molecule has 0 aliphatic rings. The number of oxazole rings is 1. The number of benzene rings is 2. The molecule has 3 atom stereocenters. The number of esters is 2. The van der Waals surface area contributed by atoms with Crippen molar-refractivity contribution in [1.82, 2.24) is 9.97 Å². The van der Waals surface area contributed by atoms with Gasteiger partial charge in [0.05, 0.1) is 11.3 Å². The van der Waals surface area contributed by atoms with E-state index in [4.69, 9.17) is 47.4 Å². The Morgan fingerprint density at radius 1 is 0.938 bits per heavy atom. The maximum atomic E-state index is 12.1. The van der Waals surface area contributed by atoms with Gasteiger partial charge in [0, 0.05) is 21.9 Å². The number of aryl methyl sites for hydroxylation is 1. The second kappa shape index (κ2) is 16.1. The van der Waals surface area contributed by atoms with Gasteiger partial charge >= 0.3 is 11.9 Å². The summed E-state index contributed by atoms with van der Waals surface area (Å²) < 4.78 is 22.1. The zero-order valence-electron chi connectivity index (χ0n) is 26.2. The lowest BCUT2D eigenvalue weighted by Gasteiger charge is -2.20. The fourth-order valence-electron chi connectivity index (χ4n) is 4.21. The number of carbonyl (C=O) groups is 2. The molecule has 4 aromatic rings. The van der Waals surface area contributed by atoms with Crippen LogP contribution in [0.3, 0.4) is 0 Å². The monoisotopic (exact) mass is 689 g/mol. The summed E-state index contributed by atoms with van der Waals surface area (Å²) >= 11 is 7.23. The molecule has 2 heterocycles.